The highest BCUT2D eigenvalue weighted by Gasteiger charge is 2.15. The van der Waals surface area contributed by atoms with E-state index in [4.69, 9.17) is 14.2 Å². The van der Waals surface area contributed by atoms with E-state index in [1.165, 1.54) is 0 Å². The van der Waals surface area contributed by atoms with Crippen LogP contribution in [0.5, 0.6) is 11.5 Å². The van der Waals surface area contributed by atoms with Gasteiger partial charge in [-0.15, -0.1) is 0 Å². The van der Waals surface area contributed by atoms with Gasteiger partial charge in [0, 0.05) is 12.0 Å². The summed E-state index contributed by atoms with van der Waals surface area (Å²) in [6.07, 6.45) is 0.657. The Hall–Kier alpha value is -2.82. The van der Waals surface area contributed by atoms with Crippen LogP contribution < -0.4 is 9.47 Å². The fraction of sp³-hybridized carbons (Fsp3) is 0.300. The number of carbonyl (C=O) groups is 2. The third-order valence-electron chi connectivity index (χ3n) is 3.81. The Balaban J connectivity index is 1.58. The fourth-order valence-corrected chi connectivity index (χ4v) is 2.56. The van der Waals surface area contributed by atoms with Crippen LogP contribution in [0.15, 0.2) is 42.5 Å². The van der Waals surface area contributed by atoms with Crippen molar-refractivity contribution in [3.05, 3.63) is 59.2 Å². The van der Waals surface area contributed by atoms with E-state index in [-0.39, 0.29) is 24.5 Å². The predicted octanol–water partition coefficient (Wildman–Crippen LogP) is 3.45. The fourth-order valence-electron chi connectivity index (χ4n) is 2.56. The molecule has 0 unspecified atom stereocenters. The molecule has 2 aromatic rings. The first-order chi connectivity index (χ1) is 12.0. The van der Waals surface area contributed by atoms with Gasteiger partial charge in [-0.25, -0.2) is 4.79 Å². The maximum Gasteiger partial charge on any atom is 0.338 e. The summed E-state index contributed by atoms with van der Waals surface area (Å²) in [5, 5.41) is 0. The Labute approximate surface area is 146 Å². The number of Topliss-reactive ketones (excluding diaryl/α,β-unsaturated/α-hetero) is 1. The van der Waals surface area contributed by atoms with E-state index in [0.29, 0.717) is 23.5 Å². The highest BCUT2D eigenvalue weighted by Crippen LogP contribution is 2.26. The number of benzene rings is 2. The molecule has 0 saturated heterocycles. The van der Waals surface area contributed by atoms with Crippen molar-refractivity contribution in [2.24, 2.45) is 0 Å². The highest BCUT2D eigenvalue weighted by atomic mass is 16.5. The zero-order valence-electron chi connectivity index (χ0n) is 14.3. The molecular formula is C20H20O5. The van der Waals surface area contributed by atoms with E-state index < -0.39 is 0 Å². The van der Waals surface area contributed by atoms with Gasteiger partial charge < -0.3 is 14.2 Å². The largest absolute Gasteiger partial charge is 0.493 e. The Bertz CT molecular complexity index is 777. The van der Waals surface area contributed by atoms with Gasteiger partial charge in [0.2, 0.25) is 0 Å². The lowest BCUT2D eigenvalue weighted by molar-refractivity contribution is 0.0377. The van der Waals surface area contributed by atoms with Gasteiger partial charge in [-0.3, -0.25) is 4.79 Å². The lowest BCUT2D eigenvalue weighted by Gasteiger charge is -2.09. The molecule has 0 atom stereocenters. The van der Waals surface area contributed by atoms with Crippen molar-refractivity contribution >= 4 is 11.8 Å². The van der Waals surface area contributed by atoms with Crippen LogP contribution in [0.25, 0.3) is 0 Å². The molecule has 0 amide bonds. The first-order valence-electron chi connectivity index (χ1n) is 8.25. The highest BCUT2D eigenvalue weighted by molar-refractivity contribution is 5.97. The van der Waals surface area contributed by atoms with Crippen LogP contribution in [0, 0.1) is 0 Å². The Kier molecular flexibility index (Phi) is 5.03. The van der Waals surface area contributed by atoms with E-state index in [9.17, 15) is 9.59 Å². The Morgan fingerprint density at radius 3 is 2.52 bits per heavy atom. The molecule has 0 aromatic heterocycles. The molecule has 5 heteroatoms. The monoisotopic (exact) mass is 340 g/mol. The summed E-state index contributed by atoms with van der Waals surface area (Å²) in [4.78, 5) is 24.1. The van der Waals surface area contributed by atoms with Crippen LogP contribution in [-0.4, -0.2) is 31.1 Å². The second-order valence-corrected chi connectivity index (χ2v) is 6.11. The summed E-state index contributed by atoms with van der Waals surface area (Å²) in [6.45, 7) is 4.20. The van der Waals surface area contributed by atoms with Crippen molar-refractivity contribution in [1.82, 2.24) is 0 Å². The van der Waals surface area contributed by atoms with Crippen LogP contribution in [0.4, 0.5) is 0 Å². The van der Waals surface area contributed by atoms with Gasteiger partial charge in [0.15, 0.2) is 12.4 Å². The number of esters is 1. The van der Waals surface area contributed by atoms with E-state index in [2.05, 4.69) is 0 Å². The number of rotatable bonds is 6. The summed E-state index contributed by atoms with van der Waals surface area (Å²) in [6, 6.07) is 12.0. The summed E-state index contributed by atoms with van der Waals surface area (Å²) < 4.78 is 16.1. The molecule has 0 spiro atoms. The number of ketones is 1. The van der Waals surface area contributed by atoms with Crippen molar-refractivity contribution in [2.45, 2.75) is 26.4 Å². The second-order valence-electron chi connectivity index (χ2n) is 6.11. The first kappa shape index (κ1) is 17.0. The van der Waals surface area contributed by atoms with Gasteiger partial charge in [-0.05, 0) is 61.9 Å². The molecule has 0 N–H and O–H groups in total. The SMILES string of the molecule is CC(C)OC(=O)c1ccc(OCC(=O)c2ccc3c(c2)CCO3)cc1. The summed E-state index contributed by atoms with van der Waals surface area (Å²) in [7, 11) is 0. The molecule has 0 aliphatic carbocycles. The Morgan fingerprint density at radius 1 is 1.08 bits per heavy atom. The lowest BCUT2D eigenvalue weighted by Crippen LogP contribution is -2.13. The standard InChI is InChI=1S/C20H20O5/c1-13(2)25-20(22)14-3-6-17(7-4-14)24-12-18(21)15-5-8-19-16(11-15)9-10-23-19/h3-8,11,13H,9-10,12H2,1-2H3. The molecule has 130 valence electrons. The van der Waals surface area contributed by atoms with Gasteiger partial charge in [0.1, 0.15) is 11.5 Å². The van der Waals surface area contributed by atoms with Gasteiger partial charge >= 0.3 is 5.97 Å². The van der Waals surface area contributed by atoms with Crippen molar-refractivity contribution in [3.63, 3.8) is 0 Å². The maximum absolute atomic E-state index is 12.3. The third-order valence-corrected chi connectivity index (χ3v) is 3.81. The summed E-state index contributed by atoms with van der Waals surface area (Å²) >= 11 is 0. The second kappa shape index (κ2) is 7.38. The van der Waals surface area contributed by atoms with Crippen LogP contribution in [0.1, 0.15) is 40.1 Å². The van der Waals surface area contributed by atoms with Crippen molar-refractivity contribution < 1.29 is 23.8 Å². The molecule has 0 fully saturated rings. The molecule has 25 heavy (non-hydrogen) atoms. The molecule has 0 bridgehead atoms. The lowest BCUT2D eigenvalue weighted by atomic mass is 10.1. The molecule has 1 aliphatic rings. The Morgan fingerprint density at radius 2 is 1.80 bits per heavy atom. The van der Waals surface area contributed by atoms with Gasteiger partial charge in [0.05, 0.1) is 18.3 Å². The predicted molar refractivity (Wildman–Crippen MR) is 92.5 cm³/mol. The zero-order chi connectivity index (χ0) is 17.8. The van der Waals surface area contributed by atoms with Crippen molar-refractivity contribution in [2.75, 3.05) is 13.2 Å². The number of ether oxygens (including phenoxy) is 3. The summed E-state index contributed by atoms with van der Waals surface area (Å²) in [5.41, 5.74) is 2.12. The van der Waals surface area contributed by atoms with E-state index in [1.54, 1.807) is 44.2 Å². The minimum Gasteiger partial charge on any atom is -0.493 e. The van der Waals surface area contributed by atoms with Crippen LogP contribution in [0.3, 0.4) is 0 Å². The maximum atomic E-state index is 12.3. The normalized spacial score (nSPS) is 12.4. The molecule has 5 nitrogen and oxygen atoms in total. The molecule has 3 rings (SSSR count). The van der Waals surface area contributed by atoms with Gasteiger partial charge in [-0.2, -0.15) is 0 Å². The molecule has 1 aliphatic heterocycles. The van der Waals surface area contributed by atoms with Gasteiger partial charge in [-0.1, -0.05) is 0 Å². The van der Waals surface area contributed by atoms with Crippen LogP contribution >= 0.6 is 0 Å². The number of fused-ring (bicyclic) bond motifs is 1. The van der Waals surface area contributed by atoms with Gasteiger partial charge in [0.25, 0.3) is 0 Å². The number of carbonyl (C=O) groups excluding carboxylic acids is 2. The number of hydrogen-bond acceptors (Lipinski definition) is 5. The molecule has 1 heterocycles. The van der Waals surface area contributed by atoms with E-state index in [0.717, 1.165) is 17.7 Å². The molecule has 0 radical (unpaired) electrons. The quantitative estimate of drug-likeness (QED) is 0.595. The van der Waals surface area contributed by atoms with Crippen molar-refractivity contribution in [3.8, 4) is 11.5 Å². The number of hydrogen-bond donors (Lipinski definition) is 0. The molecule has 2 aromatic carbocycles. The topological polar surface area (TPSA) is 61.8 Å². The average Bonchev–Trinajstić information content (AvgIpc) is 3.07. The van der Waals surface area contributed by atoms with Crippen LogP contribution in [0.2, 0.25) is 0 Å². The zero-order valence-corrected chi connectivity index (χ0v) is 14.3. The third kappa shape index (κ3) is 4.18. The molecular weight excluding hydrogens is 320 g/mol. The average molecular weight is 340 g/mol. The minimum atomic E-state index is -0.377. The smallest absolute Gasteiger partial charge is 0.338 e. The first-order valence-corrected chi connectivity index (χ1v) is 8.25. The molecule has 0 saturated carbocycles. The van der Waals surface area contributed by atoms with Crippen molar-refractivity contribution in [1.29, 1.82) is 0 Å². The van der Waals surface area contributed by atoms with Crippen LogP contribution in [-0.2, 0) is 11.2 Å². The minimum absolute atomic E-state index is 0.0601. The van der Waals surface area contributed by atoms with E-state index in [1.807, 2.05) is 12.1 Å². The summed E-state index contributed by atoms with van der Waals surface area (Å²) in [5.74, 6) is 0.899. The van der Waals surface area contributed by atoms with E-state index >= 15 is 0 Å².